The van der Waals surface area contributed by atoms with Gasteiger partial charge in [0.25, 0.3) is 0 Å². The van der Waals surface area contributed by atoms with Crippen LogP contribution in [0.25, 0.3) is 0 Å². The minimum atomic E-state index is -0.151. The highest BCUT2D eigenvalue weighted by atomic mass is 16.2. The first-order valence-corrected chi connectivity index (χ1v) is 7.94. The number of nitrogens with zero attached hydrogens (tertiary/aromatic N) is 2. The van der Waals surface area contributed by atoms with Gasteiger partial charge in [-0.25, -0.2) is 0 Å². The predicted octanol–water partition coefficient (Wildman–Crippen LogP) is 2.24. The molecule has 1 atom stereocenters. The SMILES string of the molecule is CCN(C)C(=O)C(C)NCc1ccccc1N1CCCC1. The van der Waals surface area contributed by atoms with Crippen LogP contribution in [0.3, 0.4) is 0 Å². The molecule has 1 fully saturated rings. The lowest BCUT2D eigenvalue weighted by molar-refractivity contribution is -0.131. The summed E-state index contributed by atoms with van der Waals surface area (Å²) in [4.78, 5) is 16.3. The summed E-state index contributed by atoms with van der Waals surface area (Å²) < 4.78 is 0. The van der Waals surface area contributed by atoms with Gasteiger partial charge in [-0.1, -0.05) is 18.2 Å². The number of hydrogen-bond acceptors (Lipinski definition) is 3. The summed E-state index contributed by atoms with van der Waals surface area (Å²) >= 11 is 0. The Morgan fingerprint density at radius 2 is 2.00 bits per heavy atom. The highest BCUT2D eigenvalue weighted by molar-refractivity contribution is 5.81. The standard InChI is InChI=1S/C17H27N3O/c1-4-19(3)17(21)14(2)18-13-15-9-5-6-10-16(15)20-11-7-8-12-20/h5-6,9-10,14,18H,4,7-8,11-13H2,1-3H3. The minimum absolute atomic E-state index is 0.149. The van der Waals surface area contributed by atoms with Crippen molar-refractivity contribution in [3.63, 3.8) is 0 Å². The van der Waals surface area contributed by atoms with Gasteiger partial charge in [0.2, 0.25) is 5.91 Å². The number of hydrogen-bond donors (Lipinski definition) is 1. The van der Waals surface area contributed by atoms with E-state index in [0.717, 1.165) is 26.2 Å². The van der Waals surface area contributed by atoms with Gasteiger partial charge in [-0.15, -0.1) is 0 Å². The average molecular weight is 289 g/mol. The van der Waals surface area contributed by atoms with Crippen molar-refractivity contribution in [1.29, 1.82) is 0 Å². The largest absolute Gasteiger partial charge is 0.371 e. The van der Waals surface area contributed by atoms with Gasteiger partial charge in [0.05, 0.1) is 6.04 Å². The van der Waals surface area contributed by atoms with Gasteiger partial charge < -0.3 is 15.1 Å². The fourth-order valence-corrected chi connectivity index (χ4v) is 2.76. The van der Waals surface area contributed by atoms with E-state index in [-0.39, 0.29) is 11.9 Å². The number of nitrogens with one attached hydrogen (secondary N) is 1. The molecule has 0 radical (unpaired) electrons. The summed E-state index contributed by atoms with van der Waals surface area (Å²) in [6.45, 7) is 7.70. The molecule has 0 spiro atoms. The number of anilines is 1. The Labute approximate surface area is 128 Å². The van der Waals surface area contributed by atoms with E-state index in [9.17, 15) is 4.79 Å². The van der Waals surface area contributed by atoms with Crippen LogP contribution in [0.5, 0.6) is 0 Å². The highest BCUT2D eigenvalue weighted by Crippen LogP contribution is 2.24. The lowest BCUT2D eigenvalue weighted by Gasteiger charge is -2.24. The van der Waals surface area contributed by atoms with Gasteiger partial charge in [-0.05, 0) is 38.3 Å². The van der Waals surface area contributed by atoms with Crippen LogP contribution in [0.2, 0.25) is 0 Å². The molecule has 1 unspecified atom stereocenters. The predicted molar refractivity (Wildman–Crippen MR) is 87.5 cm³/mol. The Hall–Kier alpha value is -1.55. The van der Waals surface area contributed by atoms with Crippen LogP contribution in [-0.2, 0) is 11.3 Å². The van der Waals surface area contributed by atoms with E-state index < -0.39 is 0 Å². The monoisotopic (exact) mass is 289 g/mol. The summed E-state index contributed by atoms with van der Waals surface area (Å²) in [6.07, 6.45) is 2.55. The smallest absolute Gasteiger partial charge is 0.239 e. The summed E-state index contributed by atoms with van der Waals surface area (Å²) in [5, 5.41) is 3.36. The lowest BCUT2D eigenvalue weighted by atomic mass is 10.1. The second-order valence-corrected chi connectivity index (χ2v) is 5.78. The molecule has 0 saturated carbocycles. The first-order valence-electron chi connectivity index (χ1n) is 7.94. The third kappa shape index (κ3) is 3.97. The zero-order valence-corrected chi connectivity index (χ0v) is 13.4. The molecule has 116 valence electrons. The number of likely N-dealkylation sites (N-methyl/N-ethyl adjacent to an activating group) is 1. The average Bonchev–Trinajstić information content (AvgIpc) is 3.05. The van der Waals surface area contributed by atoms with E-state index in [1.807, 2.05) is 20.9 Å². The second-order valence-electron chi connectivity index (χ2n) is 5.78. The van der Waals surface area contributed by atoms with Crippen LogP contribution >= 0.6 is 0 Å². The number of amides is 1. The van der Waals surface area contributed by atoms with Gasteiger partial charge in [0.1, 0.15) is 0 Å². The van der Waals surface area contributed by atoms with Crippen LogP contribution in [0.1, 0.15) is 32.3 Å². The third-order valence-electron chi connectivity index (χ3n) is 4.26. The fourth-order valence-electron chi connectivity index (χ4n) is 2.76. The summed E-state index contributed by atoms with van der Waals surface area (Å²) in [7, 11) is 1.85. The molecular weight excluding hydrogens is 262 g/mol. The molecule has 1 aromatic carbocycles. The number of carbonyl (C=O) groups excluding carboxylic acids is 1. The summed E-state index contributed by atoms with van der Waals surface area (Å²) in [5.74, 6) is 0.149. The second kappa shape index (κ2) is 7.46. The normalized spacial score (nSPS) is 16.0. The first kappa shape index (κ1) is 15.8. The number of carbonyl (C=O) groups is 1. The quantitative estimate of drug-likeness (QED) is 0.872. The molecule has 4 nitrogen and oxygen atoms in total. The van der Waals surface area contributed by atoms with Crippen molar-refractivity contribution in [1.82, 2.24) is 10.2 Å². The lowest BCUT2D eigenvalue weighted by Crippen LogP contribution is -2.42. The molecule has 1 heterocycles. The zero-order chi connectivity index (χ0) is 15.2. The van der Waals surface area contributed by atoms with Gasteiger partial charge in [-0.3, -0.25) is 4.79 Å². The first-order chi connectivity index (χ1) is 10.1. The third-order valence-corrected chi connectivity index (χ3v) is 4.26. The van der Waals surface area contributed by atoms with Crippen molar-refractivity contribution >= 4 is 11.6 Å². The number of rotatable bonds is 6. The van der Waals surface area contributed by atoms with Crippen molar-refractivity contribution < 1.29 is 4.79 Å². The Kier molecular flexibility index (Phi) is 5.62. The van der Waals surface area contributed by atoms with Crippen LogP contribution in [0.15, 0.2) is 24.3 Å². The molecule has 1 aliphatic rings. The molecule has 21 heavy (non-hydrogen) atoms. The molecule has 0 aromatic heterocycles. The van der Waals surface area contributed by atoms with E-state index in [1.54, 1.807) is 4.90 Å². The maximum absolute atomic E-state index is 12.1. The van der Waals surface area contributed by atoms with Crippen LogP contribution in [0.4, 0.5) is 5.69 Å². The number of benzene rings is 1. The molecule has 1 saturated heterocycles. The Morgan fingerprint density at radius 3 is 2.67 bits per heavy atom. The maximum atomic E-state index is 12.1. The molecule has 0 bridgehead atoms. The van der Waals surface area contributed by atoms with E-state index >= 15 is 0 Å². The van der Waals surface area contributed by atoms with Crippen molar-refractivity contribution in [2.75, 3.05) is 31.6 Å². The molecular formula is C17H27N3O. The maximum Gasteiger partial charge on any atom is 0.239 e. The zero-order valence-electron chi connectivity index (χ0n) is 13.4. The van der Waals surface area contributed by atoms with E-state index in [2.05, 4.69) is 34.5 Å². The van der Waals surface area contributed by atoms with Gasteiger partial charge in [0.15, 0.2) is 0 Å². The molecule has 1 N–H and O–H groups in total. The molecule has 1 aromatic rings. The Morgan fingerprint density at radius 1 is 1.33 bits per heavy atom. The van der Waals surface area contributed by atoms with E-state index in [1.165, 1.54) is 24.1 Å². The summed E-state index contributed by atoms with van der Waals surface area (Å²) in [6, 6.07) is 8.35. The van der Waals surface area contributed by atoms with Crippen molar-refractivity contribution in [2.24, 2.45) is 0 Å². The molecule has 4 heteroatoms. The van der Waals surface area contributed by atoms with Crippen LogP contribution in [0, 0.1) is 0 Å². The van der Waals surface area contributed by atoms with E-state index in [4.69, 9.17) is 0 Å². The molecule has 2 rings (SSSR count). The summed E-state index contributed by atoms with van der Waals surface area (Å²) in [5.41, 5.74) is 2.59. The highest BCUT2D eigenvalue weighted by Gasteiger charge is 2.18. The van der Waals surface area contributed by atoms with Crippen molar-refractivity contribution in [3.8, 4) is 0 Å². The molecule has 1 amide bonds. The minimum Gasteiger partial charge on any atom is -0.371 e. The van der Waals surface area contributed by atoms with Gasteiger partial charge >= 0.3 is 0 Å². The Bertz CT molecular complexity index is 469. The fraction of sp³-hybridized carbons (Fsp3) is 0.588. The van der Waals surface area contributed by atoms with Crippen molar-refractivity contribution in [2.45, 2.75) is 39.3 Å². The number of para-hydroxylation sites is 1. The van der Waals surface area contributed by atoms with Gasteiger partial charge in [0, 0.05) is 38.9 Å². The van der Waals surface area contributed by atoms with Gasteiger partial charge in [-0.2, -0.15) is 0 Å². The van der Waals surface area contributed by atoms with Crippen LogP contribution < -0.4 is 10.2 Å². The Balaban J connectivity index is 1.98. The molecule has 0 aliphatic carbocycles. The molecule has 1 aliphatic heterocycles. The topological polar surface area (TPSA) is 35.6 Å². The van der Waals surface area contributed by atoms with E-state index in [0.29, 0.717) is 0 Å². The van der Waals surface area contributed by atoms with Crippen molar-refractivity contribution in [3.05, 3.63) is 29.8 Å². The van der Waals surface area contributed by atoms with Crippen LogP contribution in [-0.4, -0.2) is 43.5 Å².